The topological polar surface area (TPSA) is 78.9 Å². The number of rotatable bonds is 51. The van der Waals surface area contributed by atoms with Crippen molar-refractivity contribution in [1.82, 2.24) is 0 Å². The predicted molar refractivity (Wildman–Crippen MR) is 297 cm³/mol. The zero-order valence-corrected chi connectivity index (χ0v) is 45.0. The van der Waals surface area contributed by atoms with Crippen molar-refractivity contribution < 1.29 is 28.6 Å². The molecule has 0 spiro atoms. The van der Waals surface area contributed by atoms with Gasteiger partial charge in [0.1, 0.15) is 13.2 Å². The van der Waals surface area contributed by atoms with Crippen LogP contribution in [0.15, 0.2) is 97.2 Å². The number of esters is 3. The Morgan fingerprint density at radius 1 is 0.290 bits per heavy atom. The second kappa shape index (κ2) is 56.9. The lowest BCUT2D eigenvalue weighted by molar-refractivity contribution is -0.166. The molecule has 0 amide bonds. The molecular formula is C63H106O6. The number of carbonyl (C=O) groups excluding carboxylic acids is 3. The first-order valence-corrected chi connectivity index (χ1v) is 28.7. The van der Waals surface area contributed by atoms with Crippen LogP contribution in [0.4, 0.5) is 0 Å². The Bertz CT molecular complexity index is 1380. The zero-order chi connectivity index (χ0) is 50.0. The van der Waals surface area contributed by atoms with E-state index in [4.69, 9.17) is 14.2 Å². The fourth-order valence-corrected chi connectivity index (χ4v) is 7.74. The molecule has 0 radical (unpaired) electrons. The van der Waals surface area contributed by atoms with E-state index in [9.17, 15) is 14.4 Å². The summed E-state index contributed by atoms with van der Waals surface area (Å²) in [7, 11) is 0. The van der Waals surface area contributed by atoms with Crippen LogP contribution >= 0.6 is 0 Å². The Morgan fingerprint density at radius 2 is 0.565 bits per heavy atom. The molecule has 394 valence electrons. The summed E-state index contributed by atoms with van der Waals surface area (Å²) < 4.78 is 16.7. The highest BCUT2D eigenvalue weighted by molar-refractivity contribution is 5.71. The highest BCUT2D eigenvalue weighted by Crippen LogP contribution is 2.15. The van der Waals surface area contributed by atoms with Crippen LogP contribution in [0.25, 0.3) is 0 Å². The number of carbonyl (C=O) groups is 3. The molecule has 69 heavy (non-hydrogen) atoms. The van der Waals surface area contributed by atoms with Crippen LogP contribution in [0, 0.1) is 0 Å². The van der Waals surface area contributed by atoms with Gasteiger partial charge in [-0.3, -0.25) is 14.4 Å². The number of ether oxygens (including phenoxy) is 3. The van der Waals surface area contributed by atoms with Gasteiger partial charge in [-0.25, -0.2) is 0 Å². The molecule has 0 aromatic carbocycles. The van der Waals surface area contributed by atoms with Crippen LogP contribution in [-0.2, 0) is 28.6 Å². The van der Waals surface area contributed by atoms with Gasteiger partial charge in [0.05, 0.1) is 0 Å². The third-order valence-electron chi connectivity index (χ3n) is 12.1. The number of hydrogen-bond acceptors (Lipinski definition) is 6. The molecule has 0 fully saturated rings. The molecule has 0 unspecified atom stereocenters. The summed E-state index contributed by atoms with van der Waals surface area (Å²) in [5, 5.41) is 0. The lowest BCUT2D eigenvalue weighted by Gasteiger charge is -2.18. The van der Waals surface area contributed by atoms with Crippen molar-refractivity contribution in [3.63, 3.8) is 0 Å². The molecule has 0 aromatic rings. The summed E-state index contributed by atoms with van der Waals surface area (Å²) in [4.78, 5) is 38.1. The smallest absolute Gasteiger partial charge is 0.306 e. The molecular weight excluding hydrogens is 853 g/mol. The van der Waals surface area contributed by atoms with Gasteiger partial charge in [0.2, 0.25) is 0 Å². The van der Waals surface area contributed by atoms with Gasteiger partial charge in [-0.2, -0.15) is 0 Å². The van der Waals surface area contributed by atoms with E-state index >= 15 is 0 Å². The van der Waals surface area contributed by atoms with Gasteiger partial charge in [0.25, 0.3) is 0 Å². The van der Waals surface area contributed by atoms with Gasteiger partial charge in [-0.05, 0) is 89.9 Å². The van der Waals surface area contributed by atoms with E-state index in [2.05, 4.69) is 106 Å². The fourth-order valence-electron chi connectivity index (χ4n) is 7.74. The molecule has 0 saturated heterocycles. The second-order valence-electron chi connectivity index (χ2n) is 18.8. The first kappa shape index (κ1) is 65.3. The third kappa shape index (κ3) is 55.1. The molecule has 0 aliphatic carbocycles. The highest BCUT2D eigenvalue weighted by atomic mass is 16.6. The molecule has 0 aliphatic rings. The van der Waals surface area contributed by atoms with Crippen LogP contribution in [0.5, 0.6) is 0 Å². The Labute approximate surface area is 426 Å². The van der Waals surface area contributed by atoms with Crippen molar-refractivity contribution in [3.05, 3.63) is 97.2 Å². The quantitative estimate of drug-likeness (QED) is 0.0262. The highest BCUT2D eigenvalue weighted by Gasteiger charge is 2.19. The molecule has 0 bridgehead atoms. The minimum absolute atomic E-state index is 0.121. The average Bonchev–Trinajstić information content (AvgIpc) is 3.35. The summed E-state index contributed by atoms with van der Waals surface area (Å²) >= 11 is 0. The first-order valence-electron chi connectivity index (χ1n) is 28.7. The van der Waals surface area contributed by atoms with E-state index in [1.807, 2.05) is 12.2 Å². The standard InChI is InChI=1S/C63H106O6/c1-4-7-10-13-16-19-22-25-28-30-31-33-36-39-42-45-48-51-54-57-63(66)69-60(58-67-61(64)55-52-49-46-43-40-37-34-27-24-21-18-15-12-9-6-3)59-68-62(65)56-53-50-47-44-41-38-35-32-29-26-23-20-17-14-11-8-5-2/h16,19,25-26,28-29,31,33,35,38-39,42,44,47-48,51,60H,4-15,17-18,20-24,27,30,32,34,36-37,40-41,43,45-46,49-50,52-59H2,1-3H3/b19-16-,28-25-,29-26-,33-31-,38-35-,42-39-,47-44-,51-48-/t60-/m0/s1. The Kier molecular flexibility index (Phi) is 53.9. The zero-order valence-electron chi connectivity index (χ0n) is 45.0. The van der Waals surface area contributed by atoms with Gasteiger partial charge < -0.3 is 14.2 Å². The van der Waals surface area contributed by atoms with Crippen molar-refractivity contribution in [2.24, 2.45) is 0 Å². The van der Waals surface area contributed by atoms with Crippen LogP contribution in [-0.4, -0.2) is 37.2 Å². The lowest BCUT2D eigenvalue weighted by atomic mass is 10.0. The SMILES string of the molecule is CCCCC/C=C\C/C=C\C/C=C\C/C=C\C/C=C\CCC(=O)O[C@H](COC(=O)CCC/C=C\C/C=C\C/C=C\CCCCCCCC)COC(=O)CCCCCCCCCCCCCCCCC. The van der Waals surface area contributed by atoms with E-state index in [-0.39, 0.29) is 38.0 Å². The van der Waals surface area contributed by atoms with E-state index < -0.39 is 12.1 Å². The maximum atomic E-state index is 12.8. The molecule has 6 nitrogen and oxygen atoms in total. The number of allylic oxidation sites excluding steroid dienone is 16. The summed E-state index contributed by atoms with van der Waals surface area (Å²) in [5.41, 5.74) is 0. The molecule has 0 N–H and O–H groups in total. The van der Waals surface area contributed by atoms with Crippen molar-refractivity contribution >= 4 is 17.9 Å². The molecule has 0 aromatic heterocycles. The molecule has 6 heteroatoms. The Hall–Kier alpha value is -3.67. The third-order valence-corrected chi connectivity index (χ3v) is 12.1. The van der Waals surface area contributed by atoms with Gasteiger partial charge >= 0.3 is 17.9 Å². The van der Waals surface area contributed by atoms with E-state index in [1.54, 1.807) is 0 Å². The maximum absolute atomic E-state index is 12.8. The fraction of sp³-hybridized carbons (Fsp3) is 0.698. The van der Waals surface area contributed by atoms with Crippen molar-refractivity contribution in [2.75, 3.05) is 13.2 Å². The van der Waals surface area contributed by atoms with Crippen molar-refractivity contribution in [3.8, 4) is 0 Å². The van der Waals surface area contributed by atoms with Gasteiger partial charge in [-0.15, -0.1) is 0 Å². The van der Waals surface area contributed by atoms with Crippen LogP contribution < -0.4 is 0 Å². The average molecular weight is 960 g/mol. The van der Waals surface area contributed by atoms with Gasteiger partial charge in [0, 0.05) is 19.3 Å². The molecule has 0 rings (SSSR count). The van der Waals surface area contributed by atoms with Gasteiger partial charge in [-0.1, -0.05) is 253 Å². The van der Waals surface area contributed by atoms with Gasteiger partial charge in [0.15, 0.2) is 6.10 Å². The minimum Gasteiger partial charge on any atom is -0.462 e. The minimum atomic E-state index is -0.837. The van der Waals surface area contributed by atoms with Crippen molar-refractivity contribution in [2.45, 2.75) is 271 Å². The Balaban J connectivity index is 4.57. The van der Waals surface area contributed by atoms with E-state index in [1.165, 1.54) is 148 Å². The molecule has 1 atom stereocenters. The predicted octanol–water partition coefficient (Wildman–Crippen LogP) is 19.3. The van der Waals surface area contributed by atoms with Crippen LogP contribution in [0.3, 0.4) is 0 Å². The summed E-state index contributed by atoms with van der Waals surface area (Å²) in [6, 6.07) is 0. The van der Waals surface area contributed by atoms with Crippen LogP contribution in [0.2, 0.25) is 0 Å². The van der Waals surface area contributed by atoms with Crippen molar-refractivity contribution in [1.29, 1.82) is 0 Å². The molecule has 0 saturated carbocycles. The maximum Gasteiger partial charge on any atom is 0.306 e. The van der Waals surface area contributed by atoms with E-state index in [0.29, 0.717) is 19.3 Å². The summed E-state index contributed by atoms with van der Waals surface area (Å²) in [5.74, 6) is -1.06. The van der Waals surface area contributed by atoms with Crippen LogP contribution in [0.1, 0.15) is 265 Å². The molecule has 0 aliphatic heterocycles. The number of unbranched alkanes of at least 4 members (excludes halogenated alkanes) is 24. The monoisotopic (exact) mass is 959 g/mol. The largest absolute Gasteiger partial charge is 0.462 e. The van der Waals surface area contributed by atoms with E-state index in [0.717, 1.165) is 64.2 Å². The number of hydrogen-bond donors (Lipinski definition) is 0. The normalized spacial score (nSPS) is 12.8. The summed E-state index contributed by atoms with van der Waals surface area (Å²) in [6.07, 6.45) is 75.6. The lowest BCUT2D eigenvalue weighted by Crippen LogP contribution is -2.30. The Morgan fingerprint density at radius 3 is 0.957 bits per heavy atom. The summed E-state index contributed by atoms with van der Waals surface area (Å²) in [6.45, 7) is 6.51. The second-order valence-corrected chi connectivity index (χ2v) is 18.8. The first-order chi connectivity index (χ1) is 34.0. The molecule has 0 heterocycles.